The first-order valence-corrected chi connectivity index (χ1v) is 9.36. The van der Waals surface area contributed by atoms with Crippen molar-refractivity contribution >= 4 is 11.8 Å². The van der Waals surface area contributed by atoms with Crippen molar-refractivity contribution in [1.82, 2.24) is 9.99 Å². The number of nitrogens with two attached hydrogens (primary N) is 1. The SMILES string of the molecule is CC.Cc1cccnc1SC(c1ccccc1)C1CN(N)CCO1. The van der Waals surface area contributed by atoms with Crippen LogP contribution in [0.1, 0.15) is 30.2 Å². The highest BCUT2D eigenvalue weighted by atomic mass is 32.2. The highest BCUT2D eigenvalue weighted by Crippen LogP contribution is 2.39. The first kappa shape index (κ1) is 18.9. The molecule has 2 aromatic rings. The van der Waals surface area contributed by atoms with Gasteiger partial charge in [-0.15, -0.1) is 0 Å². The molecule has 2 atom stereocenters. The first-order valence-electron chi connectivity index (χ1n) is 8.48. The summed E-state index contributed by atoms with van der Waals surface area (Å²) in [6.45, 7) is 8.28. The number of hydrogen-bond acceptors (Lipinski definition) is 5. The topological polar surface area (TPSA) is 51.4 Å². The standard InChI is InChI=1S/C17H21N3OS.C2H6/c1-13-6-5-9-19-17(13)22-16(14-7-3-2-4-8-14)15-12-20(18)10-11-21-15;1-2/h2-9,15-16H,10-12,18H2,1H3;1-2H3. The highest BCUT2D eigenvalue weighted by molar-refractivity contribution is 7.99. The molecule has 130 valence electrons. The van der Waals surface area contributed by atoms with Gasteiger partial charge in [-0.2, -0.15) is 0 Å². The Morgan fingerprint density at radius 2 is 1.96 bits per heavy atom. The van der Waals surface area contributed by atoms with Crippen LogP contribution in [0.25, 0.3) is 0 Å². The second-order valence-electron chi connectivity index (χ2n) is 5.48. The molecule has 0 bridgehead atoms. The number of thioether (sulfide) groups is 1. The maximum absolute atomic E-state index is 6.01. The fraction of sp³-hybridized carbons (Fsp3) is 0.421. The van der Waals surface area contributed by atoms with Gasteiger partial charge in [0.05, 0.1) is 23.0 Å². The van der Waals surface area contributed by atoms with Crippen LogP contribution in [0, 0.1) is 6.92 Å². The third-order valence-electron chi connectivity index (χ3n) is 3.79. The number of aryl methyl sites for hydroxylation is 1. The predicted octanol–water partition coefficient (Wildman–Crippen LogP) is 3.82. The number of benzene rings is 1. The van der Waals surface area contributed by atoms with E-state index in [1.807, 2.05) is 37.2 Å². The molecule has 0 aliphatic carbocycles. The molecule has 2 N–H and O–H groups in total. The van der Waals surface area contributed by atoms with Gasteiger partial charge in [0.25, 0.3) is 0 Å². The second-order valence-corrected chi connectivity index (χ2v) is 6.61. The molecule has 4 nitrogen and oxygen atoms in total. The van der Waals surface area contributed by atoms with Crippen LogP contribution in [0.2, 0.25) is 0 Å². The van der Waals surface area contributed by atoms with E-state index in [2.05, 4.69) is 42.2 Å². The van der Waals surface area contributed by atoms with Crippen molar-refractivity contribution in [2.45, 2.75) is 37.2 Å². The van der Waals surface area contributed by atoms with E-state index in [-0.39, 0.29) is 11.4 Å². The molecule has 0 amide bonds. The van der Waals surface area contributed by atoms with Gasteiger partial charge >= 0.3 is 0 Å². The maximum atomic E-state index is 6.01. The first-order chi connectivity index (χ1) is 11.7. The van der Waals surface area contributed by atoms with Gasteiger partial charge in [0.2, 0.25) is 0 Å². The summed E-state index contributed by atoms with van der Waals surface area (Å²) in [5, 5.41) is 3.07. The molecule has 2 heterocycles. The van der Waals surface area contributed by atoms with Crippen molar-refractivity contribution < 1.29 is 4.74 Å². The summed E-state index contributed by atoms with van der Waals surface area (Å²) in [7, 11) is 0. The molecule has 24 heavy (non-hydrogen) atoms. The predicted molar refractivity (Wildman–Crippen MR) is 101 cm³/mol. The Labute approximate surface area is 149 Å². The van der Waals surface area contributed by atoms with E-state index >= 15 is 0 Å². The van der Waals surface area contributed by atoms with Gasteiger partial charge in [-0.1, -0.05) is 62.0 Å². The molecule has 1 aromatic carbocycles. The number of rotatable bonds is 4. The summed E-state index contributed by atoms with van der Waals surface area (Å²) in [5.41, 5.74) is 2.44. The van der Waals surface area contributed by atoms with E-state index in [0.717, 1.165) is 18.1 Å². The number of aromatic nitrogens is 1. The number of pyridine rings is 1. The van der Waals surface area contributed by atoms with E-state index in [4.69, 9.17) is 10.6 Å². The Morgan fingerprint density at radius 1 is 1.21 bits per heavy atom. The highest BCUT2D eigenvalue weighted by Gasteiger charge is 2.30. The zero-order valence-corrected chi connectivity index (χ0v) is 15.5. The fourth-order valence-corrected chi connectivity index (χ4v) is 3.82. The molecular formula is C19H27N3OS. The van der Waals surface area contributed by atoms with Crippen LogP contribution in [-0.4, -0.2) is 35.8 Å². The van der Waals surface area contributed by atoms with Crippen molar-refractivity contribution in [2.24, 2.45) is 5.84 Å². The van der Waals surface area contributed by atoms with Gasteiger partial charge in [-0.3, -0.25) is 5.84 Å². The summed E-state index contributed by atoms with van der Waals surface area (Å²) >= 11 is 1.76. The number of hydrogen-bond donors (Lipinski definition) is 1. The summed E-state index contributed by atoms with van der Waals surface area (Å²) in [6.07, 6.45) is 1.90. The largest absolute Gasteiger partial charge is 0.374 e. The summed E-state index contributed by atoms with van der Waals surface area (Å²) in [5.74, 6) is 5.99. The van der Waals surface area contributed by atoms with Gasteiger partial charge in [0.1, 0.15) is 0 Å². The van der Waals surface area contributed by atoms with Crippen LogP contribution < -0.4 is 5.84 Å². The zero-order valence-electron chi connectivity index (χ0n) is 14.7. The molecule has 2 unspecified atom stereocenters. The average Bonchev–Trinajstić information content (AvgIpc) is 2.63. The summed E-state index contributed by atoms with van der Waals surface area (Å²) < 4.78 is 6.01. The lowest BCUT2D eigenvalue weighted by Crippen LogP contribution is -2.47. The van der Waals surface area contributed by atoms with Crippen molar-refractivity contribution in [2.75, 3.05) is 19.7 Å². The van der Waals surface area contributed by atoms with Crippen LogP contribution in [-0.2, 0) is 4.74 Å². The molecule has 5 heteroatoms. The van der Waals surface area contributed by atoms with Crippen LogP contribution in [0.15, 0.2) is 53.7 Å². The van der Waals surface area contributed by atoms with Gasteiger partial charge in [0.15, 0.2) is 0 Å². The maximum Gasteiger partial charge on any atom is 0.0995 e. The minimum absolute atomic E-state index is 0.0626. The molecular weight excluding hydrogens is 318 g/mol. The van der Waals surface area contributed by atoms with Crippen molar-refractivity contribution in [3.63, 3.8) is 0 Å². The summed E-state index contributed by atoms with van der Waals surface area (Å²) in [6, 6.07) is 14.5. The lowest BCUT2D eigenvalue weighted by molar-refractivity contribution is -0.0295. The molecule has 0 saturated carbocycles. The summed E-state index contributed by atoms with van der Waals surface area (Å²) in [4.78, 5) is 4.52. The third-order valence-corrected chi connectivity index (χ3v) is 5.27. The van der Waals surface area contributed by atoms with Crippen LogP contribution in [0.4, 0.5) is 0 Å². The zero-order chi connectivity index (χ0) is 17.4. The van der Waals surface area contributed by atoms with Crippen LogP contribution in [0.3, 0.4) is 0 Å². The minimum Gasteiger partial charge on any atom is -0.374 e. The Balaban J connectivity index is 0.00000100. The molecule has 1 saturated heterocycles. The normalized spacial score (nSPS) is 19.2. The third kappa shape index (κ3) is 5.05. The fourth-order valence-electron chi connectivity index (χ4n) is 2.60. The Bertz CT molecular complexity index is 609. The second kappa shape index (κ2) is 9.79. The molecule has 1 aliphatic heterocycles. The van der Waals surface area contributed by atoms with Crippen LogP contribution >= 0.6 is 11.8 Å². The Hall–Kier alpha value is -1.40. The molecule has 1 aromatic heterocycles. The van der Waals surface area contributed by atoms with Crippen molar-refractivity contribution in [3.05, 3.63) is 59.8 Å². The molecule has 1 aliphatic rings. The minimum atomic E-state index is 0.0626. The van der Waals surface area contributed by atoms with Gasteiger partial charge < -0.3 is 4.74 Å². The molecule has 0 radical (unpaired) electrons. The molecule has 3 rings (SSSR count). The van der Waals surface area contributed by atoms with Crippen molar-refractivity contribution in [1.29, 1.82) is 0 Å². The number of hydrazine groups is 1. The Morgan fingerprint density at radius 3 is 2.62 bits per heavy atom. The molecule has 1 fully saturated rings. The van der Waals surface area contributed by atoms with E-state index < -0.39 is 0 Å². The lowest BCUT2D eigenvalue weighted by Gasteiger charge is -2.34. The van der Waals surface area contributed by atoms with E-state index in [9.17, 15) is 0 Å². The lowest BCUT2D eigenvalue weighted by atomic mass is 10.1. The van der Waals surface area contributed by atoms with E-state index in [1.54, 1.807) is 11.8 Å². The van der Waals surface area contributed by atoms with Gasteiger partial charge in [0, 0.05) is 19.3 Å². The van der Waals surface area contributed by atoms with Crippen molar-refractivity contribution in [3.8, 4) is 0 Å². The number of nitrogens with zero attached hydrogens (tertiary/aromatic N) is 2. The van der Waals surface area contributed by atoms with E-state index in [1.165, 1.54) is 11.1 Å². The Kier molecular flexibility index (Phi) is 7.72. The smallest absolute Gasteiger partial charge is 0.0995 e. The quantitative estimate of drug-likeness (QED) is 0.674. The average molecular weight is 346 g/mol. The number of morpholine rings is 1. The van der Waals surface area contributed by atoms with E-state index in [0.29, 0.717) is 6.61 Å². The number of ether oxygens (including phenoxy) is 1. The van der Waals surface area contributed by atoms with Gasteiger partial charge in [-0.25, -0.2) is 9.99 Å². The monoisotopic (exact) mass is 345 g/mol. The van der Waals surface area contributed by atoms with Crippen LogP contribution in [0.5, 0.6) is 0 Å². The van der Waals surface area contributed by atoms with Gasteiger partial charge in [-0.05, 0) is 24.1 Å². The molecule has 0 spiro atoms.